The monoisotopic (exact) mass is 683 g/mol. The lowest BCUT2D eigenvalue weighted by Gasteiger charge is -2.28. The lowest BCUT2D eigenvalue weighted by atomic mass is 9.95. The topological polar surface area (TPSA) is 3.24 Å². The van der Waals surface area contributed by atoms with Crippen LogP contribution in [0.3, 0.4) is 0 Å². The molecule has 0 amide bonds. The molecular formula is C50H33NS. The van der Waals surface area contributed by atoms with Crippen LogP contribution in [0.15, 0.2) is 200 Å². The third-order valence-electron chi connectivity index (χ3n) is 9.96. The van der Waals surface area contributed by atoms with Crippen molar-refractivity contribution >= 4 is 70.1 Å². The van der Waals surface area contributed by atoms with Gasteiger partial charge in [0.1, 0.15) is 0 Å². The van der Waals surface area contributed by atoms with Crippen LogP contribution in [0.4, 0.5) is 17.1 Å². The molecule has 0 N–H and O–H groups in total. The minimum Gasteiger partial charge on any atom is -0.310 e. The fourth-order valence-electron chi connectivity index (χ4n) is 7.51. The van der Waals surface area contributed by atoms with Gasteiger partial charge in [0.2, 0.25) is 0 Å². The van der Waals surface area contributed by atoms with Crippen LogP contribution in [0.1, 0.15) is 5.48 Å². The number of anilines is 3. The van der Waals surface area contributed by atoms with E-state index in [1.54, 1.807) is 11.3 Å². The molecule has 0 saturated carbocycles. The van der Waals surface area contributed by atoms with Crippen molar-refractivity contribution in [2.24, 2.45) is 0 Å². The van der Waals surface area contributed by atoms with Gasteiger partial charge in [-0.05, 0) is 85.7 Å². The van der Waals surface area contributed by atoms with Gasteiger partial charge in [0.15, 0.2) is 0 Å². The fraction of sp³-hybridized carbons (Fsp3) is 0. The predicted octanol–water partition coefficient (Wildman–Crippen LogP) is 14.8. The van der Waals surface area contributed by atoms with Crippen LogP contribution in [0.25, 0.3) is 75.1 Å². The van der Waals surface area contributed by atoms with Crippen molar-refractivity contribution in [3.63, 3.8) is 0 Å². The van der Waals surface area contributed by atoms with Gasteiger partial charge in [-0.3, -0.25) is 0 Å². The van der Waals surface area contributed by atoms with Crippen LogP contribution in [-0.4, -0.2) is 0 Å². The molecule has 0 atom stereocenters. The number of para-hydroxylation sites is 1. The number of rotatable bonds is 6. The van der Waals surface area contributed by atoms with E-state index in [2.05, 4.69) is 91.0 Å². The summed E-state index contributed by atoms with van der Waals surface area (Å²) in [7, 11) is 0. The number of fused-ring (bicyclic) bond motifs is 5. The Hall–Kier alpha value is -6.48. The molecule has 9 aromatic carbocycles. The van der Waals surface area contributed by atoms with E-state index in [4.69, 9.17) is 0 Å². The van der Waals surface area contributed by atoms with Crippen molar-refractivity contribution in [1.82, 2.24) is 0 Å². The Kier molecular flexibility index (Phi) is 6.43. The molecule has 52 heavy (non-hydrogen) atoms. The first-order valence-electron chi connectivity index (χ1n) is 19.4. The van der Waals surface area contributed by atoms with Gasteiger partial charge in [-0.2, -0.15) is 0 Å². The standard InChI is InChI=1S/C50H33NS/c1-3-16-40-34(12-1)14-9-20-41(40)36-26-30-38(31-27-36)51(48-24-7-5-18-45(48)44-22-10-15-35-13-2-4-17-42(35)44)39-32-28-37(29-33-39)43-21-11-23-47-46-19-6-8-25-49(46)52-50(43)47/h1-33H/i26D,27D,30D,31D. The van der Waals surface area contributed by atoms with E-state index in [1.807, 2.05) is 89.8 Å². The number of benzene rings is 9. The van der Waals surface area contributed by atoms with Crippen LogP contribution >= 0.6 is 11.3 Å². The van der Waals surface area contributed by atoms with Gasteiger partial charge >= 0.3 is 0 Å². The Balaban J connectivity index is 1.20. The first-order chi connectivity index (χ1) is 27.5. The second kappa shape index (κ2) is 12.7. The zero-order valence-corrected chi connectivity index (χ0v) is 28.9. The van der Waals surface area contributed by atoms with Crippen LogP contribution in [0.2, 0.25) is 0 Å². The summed E-state index contributed by atoms with van der Waals surface area (Å²) < 4.78 is 40.8. The van der Waals surface area contributed by atoms with Crippen LogP contribution in [0, 0.1) is 0 Å². The summed E-state index contributed by atoms with van der Waals surface area (Å²) in [6.07, 6.45) is 0. The third kappa shape index (κ3) is 5.16. The van der Waals surface area contributed by atoms with E-state index in [9.17, 15) is 5.48 Å². The molecule has 0 aliphatic heterocycles. The maximum absolute atomic E-state index is 9.66. The van der Waals surface area contributed by atoms with Gasteiger partial charge in [0.05, 0.1) is 11.2 Å². The van der Waals surface area contributed by atoms with Gasteiger partial charge in [-0.1, -0.05) is 164 Å². The minimum absolute atomic E-state index is 0.0851. The highest BCUT2D eigenvalue weighted by Crippen LogP contribution is 2.45. The van der Waals surface area contributed by atoms with Gasteiger partial charge < -0.3 is 4.90 Å². The van der Waals surface area contributed by atoms with E-state index in [-0.39, 0.29) is 35.4 Å². The Morgan fingerprint density at radius 1 is 0.365 bits per heavy atom. The molecule has 0 aliphatic carbocycles. The molecule has 0 bridgehead atoms. The molecule has 244 valence electrons. The fourth-order valence-corrected chi connectivity index (χ4v) is 8.74. The predicted molar refractivity (Wildman–Crippen MR) is 225 cm³/mol. The average Bonchev–Trinajstić information content (AvgIpc) is 3.64. The first kappa shape index (κ1) is 26.3. The Bertz CT molecular complexity index is 3110. The zero-order valence-electron chi connectivity index (χ0n) is 32.1. The quantitative estimate of drug-likeness (QED) is 0.169. The smallest absolute Gasteiger partial charge is 0.0645 e. The molecule has 0 spiro atoms. The summed E-state index contributed by atoms with van der Waals surface area (Å²) in [4.78, 5) is 1.91. The molecule has 2 heteroatoms. The SMILES string of the molecule is [2H]c1c([2H])c(N(c2ccc(-c3cccc4c3sc3ccccc34)cc2)c2ccccc2-c2cccc3ccccc23)c([2H])c([2H])c1-c1cccc2ccccc12. The maximum atomic E-state index is 9.66. The van der Waals surface area contributed by atoms with Gasteiger partial charge in [-0.15, -0.1) is 11.3 Å². The minimum atomic E-state index is -0.110. The second-order valence-corrected chi connectivity index (χ2v) is 14.0. The van der Waals surface area contributed by atoms with E-state index in [0.717, 1.165) is 55.2 Å². The maximum Gasteiger partial charge on any atom is 0.0645 e. The second-order valence-electron chi connectivity index (χ2n) is 13.0. The summed E-state index contributed by atoms with van der Waals surface area (Å²) in [6.45, 7) is 0. The lowest BCUT2D eigenvalue weighted by Crippen LogP contribution is -2.11. The normalized spacial score (nSPS) is 12.5. The number of hydrogen-bond donors (Lipinski definition) is 0. The number of thiophene rings is 1. The Morgan fingerprint density at radius 3 is 1.67 bits per heavy atom. The largest absolute Gasteiger partial charge is 0.310 e. The number of nitrogens with zero attached hydrogens (tertiary/aromatic N) is 1. The Labute approximate surface area is 312 Å². The van der Waals surface area contributed by atoms with Crippen molar-refractivity contribution in [3.05, 3.63) is 200 Å². The van der Waals surface area contributed by atoms with Gasteiger partial charge in [-0.25, -0.2) is 0 Å². The van der Waals surface area contributed by atoms with E-state index in [1.165, 1.54) is 20.2 Å². The Morgan fingerprint density at radius 2 is 0.904 bits per heavy atom. The highest BCUT2D eigenvalue weighted by atomic mass is 32.1. The summed E-state index contributed by atoms with van der Waals surface area (Å²) in [5.41, 5.74) is 6.75. The van der Waals surface area contributed by atoms with Crippen LogP contribution < -0.4 is 4.90 Å². The summed E-state index contributed by atoms with van der Waals surface area (Å²) in [5.74, 6) is 0. The molecule has 10 rings (SSSR count). The highest BCUT2D eigenvalue weighted by molar-refractivity contribution is 7.26. The van der Waals surface area contributed by atoms with Crippen molar-refractivity contribution in [3.8, 4) is 33.4 Å². The molecule has 0 fully saturated rings. The van der Waals surface area contributed by atoms with Crippen molar-refractivity contribution < 1.29 is 5.48 Å². The molecule has 0 saturated heterocycles. The van der Waals surface area contributed by atoms with Crippen molar-refractivity contribution in [1.29, 1.82) is 0 Å². The molecule has 1 heterocycles. The van der Waals surface area contributed by atoms with Gasteiger partial charge in [0.25, 0.3) is 0 Å². The summed E-state index contributed by atoms with van der Waals surface area (Å²) in [5, 5.41) is 6.52. The van der Waals surface area contributed by atoms with E-state index >= 15 is 0 Å². The van der Waals surface area contributed by atoms with E-state index < -0.39 is 0 Å². The van der Waals surface area contributed by atoms with Crippen LogP contribution in [-0.2, 0) is 0 Å². The molecule has 0 aliphatic rings. The first-order valence-corrected chi connectivity index (χ1v) is 18.3. The molecule has 0 unspecified atom stereocenters. The zero-order chi connectivity index (χ0) is 37.9. The molecular weight excluding hydrogens is 647 g/mol. The van der Waals surface area contributed by atoms with Crippen LogP contribution in [0.5, 0.6) is 0 Å². The average molecular weight is 684 g/mol. The van der Waals surface area contributed by atoms with Crippen molar-refractivity contribution in [2.45, 2.75) is 0 Å². The third-order valence-corrected chi connectivity index (χ3v) is 11.2. The number of hydrogen-bond acceptors (Lipinski definition) is 2. The van der Waals surface area contributed by atoms with Crippen molar-refractivity contribution in [2.75, 3.05) is 4.90 Å². The summed E-state index contributed by atoms with van der Waals surface area (Å²) >= 11 is 1.79. The lowest BCUT2D eigenvalue weighted by molar-refractivity contribution is 1.28. The molecule has 10 aromatic rings. The summed E-state index contributed by atoms with van der Waals surface area (Å²) in [6, 6.07) is 59.1. The molecule has 1 nitrogen and oxygen atoms in total. The van der Waals surface area contributed by atoms with E-state index in [0.29, 0.717) is 5.56 Å². The molecule has 0 radical (unpaired) electrons. The van der Waals surface area contributed by atoms with Gasteiger partial charge in [0, 0.05) is 37.1 Å². The highest BCUT2D eigenvalue weighted by Gasteiger charge is 2.19. The molecule has 1 aromatic heterocycles.